The fourth-order valence-electron chi connectivity index (χ4n) is 3.59. The largest absolute Gasteiger partial charge is 0.497 e. The third-order valence-corrected chi connectivity index (χ3v) is 6.03. The zero-order chi connectivity index (χ0) is 21.0. The molecule has 1 aliphatic heterocycles. The summed E-state index contributed by atoms with van der Waals surface area (Å²) in [6, 6.07) is 13.0. The predicted octanol–water partition coefficient (Wildman–Crippen LogP) is 4.39. The van der Waals surface area contributed by atoms with E-state index in [0.29, 0.717) is 10.0 Å². The Hall–Kier alpha value is -1.95. The van der Waals surface area contributed by atoms with Crippen molar-refractivity contribution in [3.05, 3.63) is 58.1 Å². The minimum Gasteiger partial charge on any atom is -0.497 e. The molecular formula is C22H27Cl2N3O2. The molecular weight excluding hydrogens is 409 g/mol. The molecule has 0 saturated carbocycles. The Balaban J connectivity index is 1.54. The second-order valence-corrected chi connectivity index (χ2v) is 8.14. The Kier molecular flexibility index (Phi) is 7.28. The normalized spacial score (nSPS) is 16.9. The first-order valence-corrected chi connectivity index (χ1v) is 10.5. The second kappa shape index (κ2) is 9.70. The van der Waals surface area contributed by atoms with Crippen molar-refractivity contribution in [1.82, 2.24) is 10.2 Å². The highest BCUT2D eigenvalue weighted by molar-refractivity contribution is 6.35. The lowest BCUT2D eigenvalue weighted by atomic mass is 10.1. The van der Waals surface area contributed by atoms with E-state index in [9.17, 15) is 4.79 Å². The molecule has 1 heterocycles. The van der Waals surface area contributed by atoms with Gasteiger partial charge < -0.3 is 15.0 Å². The Labute approximate surface area is 182 Å². The number of benzene rings is 2. The number of nitrogens with zero attached hydrogens (tertiary/aromatic N) is 2. The first-order valence-electron chi connectivity index (χ1n) is 9.77. The summed E-state index contributed by atoms with van der Waals surface area (Å²) in [6.45, 7) is 7.30. The van der Waals surface area contributed by atoms with Crippen molar-refractivity contribution in [2.45, 2.75) is 25.9 Å². The molecule has 5 nitrogen and oxygen atoms in total. The molecule has 0 radical (unpaired) electrons. The lowest BCUT2D eigenvalue weighted by Crippen LogP contribution is -2.54. The zero-order valence-electron chi connectivity index (χ0n) is 17.0. The molecule has 3 rings (SSSR count). The average Bonchev–Trinajstić information content (AvgIpc) is 2.73. The summed E-state index contributed by atoms with van der Waals surface area (Å²) < 4.78 is 5.22. The SMILES string of the molecule is COc1ccc(N2CCN(C(C)C(=O)NC(C)c3ccc(Cl)cc3Cl)CC2)cc1. The molecule has 0 bridgehead atoms. The maximum absolute atomic E-state index is 12.8. The van der Waals surface area contributed by atoms with E-state index < -0.39 is 0 Å². The summed E-state index contributed by atoms with van der Waals surface area (Å²) in [5.74, 6) is 0.856. The van der Waals surface area contributed by atoms with Crippen LogP contribution in [0.2, 0.25) is 10.0 Å². The molecule has 0 aliphatic carbocycles. The third kappa shape index (κ3) is 5.35. The number of methoxy groups -OCH3 is 1. The van der Waals surface area contributed by atoms with Gasteiger partial charge in [-0.25, -0.2) is 0 Å². The lowest BCUT2D eigenvalue weighted by Gasteiger charge is -2.38. The van der Waals surface area contributed by atoms with Gasteiger partial charge in [-0.2, -0.15) is 0 Å². The maximum atomic E-state index is 12.8. The van der Waals surface area contributed by atoms with Gasteiger partial charge in [-0.15, -0.1) is 0 Å². The van der Waals surface area contributed by atoms with Crippen LogP contribution in [-0.4, -0.2) is 50.1 Å². The smallest absolute Gasteiger partial charge is 0.237 e. The van der Waals surface area contributed by atoms with Gasteiger partial charge in [0.1, 0.15) is 5.75 Å². The van der Waals surface area contributed by atoms with Gasteiger partial charge in [0, 0.05) is 41.9 Å². The van der Waals surface area contributed by atoms with Gasteiger partial charge in [0.15, 0.2) is 0 Å². The van der Waals surface area contributed by atoms with E-state index >= 15 is 0 Å². The van der Waals surface area contributed by atoms with E-state index in [-0.39, 0.29) is 18.0 Å². The summed E-state index contributed by atoms with van der Waals surface area (Å²) in [7, 11) is 1.67. The van der Waals surface area contributed by atoms with Crippen LogP contribution >= 0.6 is 23.2 Å². The summed E-state index contributed by atoms with van der Waals surface area (Å²) in [4.78, 5) is 17.3. The molecule has 0 aromatic heterocycles. The predicted molar refractivity (Wildman–Crippen MR) is 119 cm³/mol. The number of piperazine rings is 1. The van der Waals surface area contributed by atoms with Crippen molar-refractivity contribution >= 4 is 34.8 Å². The first kappa shape index (κ1) is 21.8. The number of nitrogens with one attached hydrogen (secondary N) is 1. The van der Waals surface area contributed by atoms with Crippen LogP contribution in [0.3, 0.4) is 0 Å². The summed E-state index contributed by atoms with van der Waals surface area (Å²) >= 11 is 12.2. The number of halogens is 2. The number of amides is 1. The van der Waals surface area contributed by atoms with Crippen molar-refractivity contribution in [2.75, 3.05) is 38.2 Å². The molecule has 156 valence electrons. The number of rotatable bonds is 6. The molecule has 2 unspecified atom stereocenters. The highest BCUT2D eigenvalue weighted by atomic mass is 35.5. The van der Waals surface area contributed by atoms with Crippen LogP contribution in [0.4, 0.5) is 5.69 Å². The van der Waals surface area contributed by atoms with Crippen molar-refractivity contribution in [1.29, 1.82) is 0 Å². The number of carbonyl (C=O) groups excluding carboxylic acids is 1. The molecule has 2 aromatic rings. The molecule has 1 N–H and O–H groups in total. The standard InChI is InChI=1S/C22H27Cl2N3O2/c1-15(20-9-4-17(23)14-21(20)24)25-22(28)16(2)26-10-12-27(13-11-26)18-5-7-19(29-3)8-6-18/h4-9,14-16H,10-13H2,1-3H3,(H,25,28). The summed E-state index contributed by atoms with van der Waals surface area (Å²) in [6.07, 6.45) is 0. The van der Waals surface area contributed by atoms with E-state index in [1.165, 1.54) is 5.69 Å². The van der Waals surface area contributed by atoms with Gasteiger partial charge in [-0.1, -0.05) is 29.3 Å². The van der Waals surface area contributed by atoms with Gasteiger partial charge in [-0.3, -0.25) is 9.69 Å². The van der Waals surface area contributed by atoms with E-state index in [0.717, 1.165) is 37.5 Å². The van der Waals surface area contributed by atoms with Crippen LogP contribution in [0.1, 0.15) is 25.5 Å². The van der Waals surface area contributed by atoms with E-state index in [1.807, 2.05) is 32.0 Å². The van der Waals surface area contributed by atoms with Crippen LogP contribution in [-0.2, 0) is 4.79 Å². The number of carbonyl (C=O) groups is 1. The monoisotopic (exact) mass is 435 g/mol. The number of hydrogen-bond acceptors (Lipinski definition) is 4. The molecule has 1 fully saturated rings. The minimum absolute atomic E-state index is 0.00131. The van der Waals surface area contributed by atoms with Crippen molar-refractivity contribution < 1.29 is 9.53 Å². The van der Waals surface area contributed by atoms with Crippen molar-refractivity contribution in [2.24, 2.45) is 0 Å². The molecule has 1 aliphatic rings. The Morgan fingerprint density at radius 3 is 2.28 bits per heavy atom. The Bertz CT molecular complexity index is 836. The van der Waals surface area contributed by atoms with Gasteiger partial charge in [-0.05, 0) is 55.8 Å². The topological polar surface area (TPSA) is 44.8 Å². The lowest BCUT2D eigenvalue weighted by molar-refractivity contribution is -0.126. The van der Waals surface area contributed by atoms with E-state index in [2.05, 4.69) is 27.2 Å². The van der Waals surface area contributed by atoms with Gasteiger partial charge in [0.2, 0.25) is 5.91 Å². The molecule has 29 heavy (non-hydrogen) atoms. The van der Waals surface area contributed by atoms with Gasteiger partial charge in [0.25, 0.3) is 0 Å². The highest BCUT2D eigenvalue weighted by Crippen LogP contribution is 2.26. The van der Waals surface area contributed by atoms with Crippen LogP contribution in [0.15, 0.2) is 42.5 Å². The van der Waals surface area contributed by atoms with Crippen molar-refractivity contribution in [3.8, 4) is 5.75 Å². The van der Waals surface area contributed by atoms with E-state index in [4.69, 9.17) is 27.9 Å². The summed E-state index contributed by atoms with van der Waals surface area (Å²) in [5.41, 5.74) is 2.04. The Morgan fingerprint density at radius 1 is 1.03 bits per heavy atom. The van der Waals surface area contributed by atoms with Crippen LogP contribution in [0, 0.1) is 0 Å². The average molecular weight is 436 g/mol. The molecule has 1 saturated heterocycles. The maximum Gasteiger partial charge on any atom is 0.237 e. The molecule has 1 amide bonds. The van der Waals surface area contributed by atoms with Gasteiger partial charge in [0.05, 0.1) is 19.2 Å². The molecule has 2 aromatic carbocycles. The summed E-state index contributed by atoms with van der Waals surface area (Å²) in [5, 5.41) is 4.22. The quantitative estimate of drug-likeness (QED) is 0.730. The van der Waals surface area contributed by atoms with Crippen LogP contribution in [0.25, 0.3) is 0 Å². The highest BCUT2D eigenvalue weighted by Gasteiger charge is 2.27. The van der Waals surface area contributed by atoms with E-state index in [1.54, 1.807) is 19.2 Å². The molecule has 2 atom stereocenters. The molecule has 7 heteroatoms. The first-order chi connectivity index (χ1) is 13.9. The van der Waals surface area contributed by atoms with Crippen molar-refractivity contribution in [3.63, 3.8) is 0 Å². The fourth-order valence-corrected chi connectivity index (χ4v) is 4.16. The third-order valence-electron chi connectivity index (χ3n) is 5.47. The van der Waals surface area contributed by atoms with Crippen LogP contribution in [0.5, 0.6) is 5.75 Å². The second-order valence-electron chi connectivity index (χ2n) is 7.29. The molecule has 0 spiro atoms. The van der Waals surface area contributed by atoms with Crippen LogP contribution < -0.4 is 15.0 Å². The fraction of sp³-hybridized carbons (Fsp3) is 0.409. The number of hydrogen-bond donors (Lipinski definition) is 1. The Morgan fingerprint density at radius 2 is 1.69 bits per heavy atom. The minimum atomic E-state index is -0.207. The number of anilines is 1. The zero-order valence-corrected chi connectivity index (χ0v) is 18.5. The van der Waals surface area contributed by atoms with Gasteiger partial charge >= 0.3 is 0 Å². The number of ether oxygens (including phenoxy) is 1.